The molecule has 2 heterocycles. The van der Waals surface area contributed by atoms with Gasteiger partial charge in [-0.1, -0.05) is 0 Å². The van der Waals surface area contributed by atoms with Crippen molar-refractivity contribution in [1.82, 2.24) is 10.2 Å². The van der Waals surface area contributed by atoms with Crippen LogP contribution < -0.4 is 5.32 Å². The summed E-state index contributed by atoms with van der Waals surface area (Å²) in [5, 5.41) is 3.26. The average molecular weight is 226 g/mol. The molecule has 2 rings (SSSR count). The zero-order valence-corrected chi connectivity index (χ0v) is 9.78. The smallest absolute Gasteiger partial charge is 0.246 e. The van der Waals surface area contributed by atoms with Gasteiger partial charge in [0.05, 0.1) is 19.1 Å². The molecular formula is C11H18N2O3. The summed E-state index contributed by atoms with van der Waals surface area (Å²) < 4.78 is 5.31. The first kappa shape index (κ1) is 11.5. The van der Waals surface area contributed by atoms with Gasteiger partial charge in [0, 0.05) is 18.7 Å². The number of imide groups is 1. The van der Waals surface area contributed by atoms with Crippen molar-refractivity contribution in [2.24, 2.45) is 0 Å². The second-order valence-corrected chi connectivity index (χ2v) is 4.74. The van der Waals surface area contributed by atoms with Crippen LogP contribution in [0.15, 0.2) is 0 Å². The Labute approximate surface area is 95.1 Å². The van der Waals surface area contributed by atoms with E-state index in [0.29, 0.717) is 13.2 Å². The highest BCUT2D eigenvalue weighted by molar-refractivity contribution is 6.05. The fourth-order valence-electron chi connectivity index (χ4n) is 2.33. The van der Waals surface area contributed by atoms with Gasteiger partial charge >= 0.3 is 0 Å². The second-order valence-electron chi connectivity index (χ2n) is 4.74. The van der Waals surface area contributed by atoms with Crippen molar-refractivity contribution in [3.63, 3.8) is 0 Å². The van der Waals surface area contributed by atoms with Gasteiger partial charge in [0.25, 0.3) is 0 Å². The van der Waals surface area contributed by atoms with Gasteiger partial charge in [-0.25, -0.2) is 0 Å². The van der Waals surface area contributed by atoms with E-state index in [0.717, 1.165) is 13.0 Å². The maximum absolute atomic E-state index is 11.9. The van der Waals surface area contributed by atoms with Gasteiger partial charge in [-0.05, 0) is 20.3 Å². The lowest BCUT2D eigenvalue weighted by Gasteiger charge is -2.26. The number of hydrogen-bond donors (Lipinski definition) is 1. The predicted molar refractivity (Wildman–Crippen MR) is 57.8 cm³/mol. The highest BCUT2D eigenvalue weighted by atomic mass is 16.5. The third kappa shape index (κ3) is 1.97. The molecule has 2 aliphatic rings. The molecule has 2 fully saturated rings. The van der Waals surface area contributed by atoms with Gasteiger partial charge in [-0.2, -0.15) is 0 Å². The van der Waals surface area contributed by atoms with Crippen LogP contribution >= 0.6 is 0 Å². The minimum Gasteiger partial charge on any atom is -0.379 e. The van der Waals surface area contributed by atoms with Gasteiger partial charge in [-0.3, -0.25) is 19.8 Å². The number of carbonyl (C=O) groups excluding carboxylic acids is 2. The summed E-state index contributed by atoms with van der Waals surface area (Å²) in [5.74, 6) is -0.173. The molecule has 2 amide bonds. The van der Waals surface area contributed by atoms with Crippen LogP contribution in [0.5, 0.6) is 0 Å². The van der Waals surface area contributed by atoms with Crippen LogP contribution in [0.1, 0.15) is 26.7 Å². The molecule has 2 saturated heterocycles. The van der Waals surface area contributed by atoms with Crippen LogP contribution in [-0.2, 0) is 14.3 Å². The van der Waals surface area contributed by atoms with E-state index in [2.05, 4.69) is 5.32 Å². The lowest BCUT2D eigenvalue weighted by atomic mass is 10.00. The minimum absolute atomic E-state index is 0.0764. The Morgan fingerprint density at radius 2 is 2.31 bits per heavy atom. The topological polar surface area (TPSA) is 58.6 Å². The Bertz CT molecular complexity index is 310. The highest BCUT2D eigenvalue weighted by Crippen LogP contribution is 2.22. The van der Waals surface area contributed by atoms with E-state index in [1.165, 1.54) is 4.90 Å². The first-order valence-electron chi connectivity index (χ1n) is 5.75. The van der Waals surface area contributed by atoms with Gasteiger partial charge in [0.1, 0.15) is 0 Å². The number of hydrogen-bond acceptors (Lipinski definition) is 4. The van der Waals surface area contributed by atoms with Crippen LogP contribution in [0.2, 0.25) is 0 Å². The minimum atomic E-state index is -0.362. The van der Waals surface area contributed by atoms with E-state index in [9.17, 15) is 9.59 Å². The molecule has 5 heteroatoms. The Balaban J connectivity index is 2.01. The molecule has 0 spiro atoms. The molecule has 2 aliphatic heterocycles. The van der Waals surface area contributed by atoms with Crippen LogP contribution in [0, 0.1) is 0 Å². The van der Waals surface area contributed by atoms with E-state index < -0.39 is 0 Å². The number of amides is 2. The van der Waals surface area contributed by atoms with Crippen molar-refractivity contribution in [3.8, 4) is 0 Å². The standard InChI is InChI=1S/C11H18N2O3/c1-3-13-9(14)6-8(10(13)15)12-11(2)4-5-16-7-11/h8,12H,3-7H2,1-2H3. The maximum Gasteiger partial charge on any atom is 0.246 e. The monoisotopic (exact) mass is 226 g/mol. The lowest BCUT2D eigenvalue weighted by Crippen LogP contribution is -2.51. The Hall–Kier alpha value is -0.940. The van der Waals surface area contributed by atoms with E-state index in [4.69, 9.17) is 4.74 Å². The molecule has 0 aromatic heterocycles. The lowest BCUT2D eigenvalue weighted by molar-refractivity contribution is -0.138. The zero-order chi connectivity index (χ0) is 11.8. The Morgan fingerprint density at radius 1 is 1.56 bits per heavy atom. The fraction of sp³-hybridized carbons (Fsp3) is 0.818. The number of nitrogens with one attached hydrogen (secondary N) is 1. The van der Waals surface area contributed by atoms with E-state index in [1.807, 2.05) is 13.8 Å². The number of rotatable bonds is 3. The van der Waals surface area contributed by atoms with Crippen LogP contribution in [0.4, 0.5) is 0 Å². The van der Waals surface area contributed by atoms with Crippen molar-refractivity contribution >= 4 is 11.8 Å². The first-order valence-corrected chi connectivity index (χ1v) is 5.75. The SMILES string of the molecule is CCN1C(=O)CC(NC2(C)CCOC2)C1=O. The van der Waals surface area contributed by atoms with Crippen LogP contribution in [0.25, 0.3) is 0 Å². The van der Waals surface area contributed by atoms with Crippen molar-refractivity contribution in [2.45, 2.75) is 38.3 Å². The largest absolute Gasteiger partial charge is 0.379 e. The molecule has 5 nitrogen and oxygen atoms in total. The summed E-state index contributed by atoms with van der Waals surface area (Å²) in [5.41, 5.74) is -0.162. The third-order valence-electron chi connectivity index (χ3n) is 3.30. The number of nitrogens with zero attached hydrogens (tertiary/aromatic N) is 1. The summed E-state index contributed by atoms with van der Waals surface area (Å²) in [6, 6.07) is -0.362. The van der Waals surface area contributed by atoms with Gasteiger partial charge in [0.15, 0.2) is 0 Å². The van der Waals surface area contributed by atoms with E-state index >= 15 is 0 Å². The first-order chi connectivity index (χ1) is 7.56. The van der Waals surface area contributed by atoms with Crippen molar-refractivity contribution in [2.75, 3.05) is 19.8 Å². The van der Waals surface area contributed by atoms with Gasteiger partial charge < -0.3 is 4.74 Å². The number of likely N-dealkylation sites (N-methyl/N-ethyl adjacent to an activating group) is 1. The maximum atomic E-state index is 11.9. The average Bonchev–Trinajstić information content (AvgIpc) is 2.74. The zero-order valence-electron chi connectivity index (χ0n) is 9.78. The molecule has 0 bridgehead atoms. The molecule has 0 aliphatic carbocycles. The highest BCUT2D eigenvalue weighted by Gasteiger charge is 2.42. The Kier molecular flexibility index (Phi) is 2.99. The van der Waals surface area contributed by atoms with Gasteiger partial charge in [-0.15, -0.1) is 0 Å². The number of carbonyl (C=O) groups is 2. The normalized spacial score (nSPS) is 35.1. The quantitative estimate of drug-likeness (QED) is 0.683. The molecule has 0 aromatic carbocycles. The summed E-state index contributed by atoms with van der Waals surface area (Å²) >= 11 is 0. The van der Waals surface area contributed by atoms with Crippen LogP contribution in [0.3, 0.4) is 0 Å². The molecule has 0 aromatic rings. The number of ether oxygens (including phenoxy) is 1. The van der Waals surface area contributed by atoms with E-state index in [1.54, 1.807) is 0 Å². The third-order valence-corrected chi connectivity index (χ3v) is 3.30. The summed E-state index contributed by atoms with van der Waals surface area (Å²) in [6.45, 7) is 5.64. The van der Waals surface area contributed by atoms with Crippen molar-refractivity contribution < 1.29 is 14.3 Å². The molecule has 0 radical (unpaired) electrons. The summed E-state index contributed by atoms with van der Waals surface area (Å²) in [7, 11) is 0. The van der Waals surface area contributed by atoms with E-state index in [-0.39, 0.29) is 29.8 Å². The molecule has 16 heavy (non-hydrogen) atoms. The molecular weight excluding hydrogens is 208 g/mol. The van der Waals surface area contributed by atoms with Crippen LogP contribution in [-0.4, -0.2) is 48.1 Å². The predicted octanol–water partition coefficient (Wildman–Crippen LogP) is -0.0976. The van der Waals surface area contributed by atoms with Gasteiger partial charge in [0.2, 0.25) is 11.8 Å². The summed E-state index contributed by atoms with van der Waals surface area (Å²) in [4.78, 5) is 24.7. The van der Waals surface area contributed by atoms with Crippen molar-refractivity contribution in [1.29, 1.82) is 0 Å². The second kappa shape index (κ2) is 4.14. The molecule has 0 saturated carbocycles. The number of likely N-dealkylation sites (tertiary alicyclic amines) is 1. The van der Waals surface area contributed by atoms with Crippen molar-refractivity contribution in [3.05, 3.63) is 0 Å². The summed E-state index contributed by atoms with van der Waals surface area (Å²) in [6.07, 6.45) is 1.17. The molecule has 1 N–H and O–H groups in total. The molecule has 2 atom stereocenters. The molecule has 90 valence electrons. The molecule has 2 unspecified atom stereocenters. The Morgan fingerprint density at radius 3 is 2.81 bits per heavy atom. The fourth-order valence-corrected chi connectivity index (χ4v) is 2.33.